The van der Waals surface area contributed by atoms with Crippen molar-refractivity contribution in [1.29, 1.82) is 0 Å². The van der Waals surface area contributed by atoms with Crippen molar-refractivity contribution in [2.24, 2.45) is 0 Å². The molecule has 0 aliphatic carbocycles. The quantitative estimate of drug-likeness (QED) is 0.869. The monoisotopic (exact) mass is 269 g/mol. The Balaban J connectivity index is 2.40. The van der Waals surface area contributed by atoms with Crippen LogP contribution >= 0.6 is 0 Å². The molecule has 0 bridgehead atoms. The molecule has 1 aliphatic heterocycles. The molecule has 2 N–H and O–H groups in total. The highest BCUT2D eigenvalue weighted by Crippen LogP contribution is 2.41. The van der Waals surface area contributed by atoms with Crippen molar-refractivity contribution in [3.8, 4) is 5.75 Å². The molecule has 1 aliphatic rings. The maximum absolute atomic E-state index is 13.3. The first-order valence-electron chi connectivity index (χ1n) is 6.34. The van der Waals surface area contributed by atoms with Gasteiger partial charge in [-0.25, -0.2) is 4.39 Å². The van der Waals surface area contributed by atoms with Crippen molar-refractivity contribution in [2.75, 3.05) is 20.2 Å². The van der Waals surface area contributed by atoms with Gasteiger partial charge in [-0.1, -0.05) is 0 Å². The molecule has 0 spiro atoms. The Morgan fingerprint density at radius 1 is 1.42 bits per heavy atom. The smallest absolute Gasteiger partial charge is 0.126 e. The molecule has 1 aromatic rings. The summed E-state index contributed by atoms with van der Waals surface area (Å²) in [5.74, 6) is 0.109. The first-order valence-corrected chi connectivity index (χ1v) is 6.34. The van der Waals surface area contributed by atoms with Crippen LogP contribution in [0.25, 0.3) is 0 Å². The standard InChI is InChI=1S/C14H20FNO3/c1-14(2)13(16(3)6-7-17)12(18)10-8-9(15)4-5-11(10)19-14/h4-5,8,12-13,17-18H,6-7H2,1-3H3. The Kier molecular flexibility index (Phi) is 3.80. The van der Waals surface area contributed by atoms with E-state index in [4.69, 9.17) is 9.84 Å². The summed E-state index contributed by atoms with van der Waals surface area (Å²) >= 11 is 0. The molecule has 0 amide bonds. The van der Waals surface area contributed by atoms with Gasteiger partial charge < -0.3 is 14.9 Å². The Morgan fingerprint density at radius 3 is 2.74 bits per heavy atom. The van der Waals surface area contributed by atoms with Crippen molar-refractivity contribution in [1.82, 2.24) is 4.90 Å². The number of rotatable bonds is 3. The number of aliphatic hydroxyl groups is 2. The number of likely N-dealkylation sites (N-methyl/N-ethyl adjacent to an activating group) is 1. The summed E-state index contributed by atoms with van der Waals surface area (Å²) in [5.41, 5.74) is -0.178. The maximum Gasteiger partial charge on any atom is 0.126 e. The van der Waals surface area contributed by atoms with Crippen molar-refractivity contribution in [3.05, 3.63) is 29.6 Å². The molecular formula is C14H20FNO3. The maximum atomic E-state index is 13.3. The average Bonchev–Trinajstić information content (AvgIpc) is 2.30. The highest BCUT2D eigenvalue weighted by molar-refractivity contribution is 5.40. The fraction of sp³-hybridized carbons (Fsp3) is 0.571. The molecule has 2 atom stereocenters. The number of ether oxygens (including phenoxy) is 1. The van der Waals surface area contributed by atoms with E-state index >= 15 is 0 Å². The van der Waals surface area contributed by atoms with Crippen LogP contribution in [-0.2, 0) is 0 Å². The van der Waals surface area contributed by atoms with E-state index in [1.165, 1.54) is 18.2 Å². The number of hydrogen-bond donors (Lipinski definition) is 2. The van der Waals surface area contributed by atoms with Crippen LogP contribution in [0.4, 0.5) is 4.39 Å². The second kappa shape index (κ2) is 5.07. The Morgan fingerprint density at radius 2 is 2.11 bits per heavy atom. The minimum atomic E-state index is -0.856. The van der Waals surface area contributed by atoms with Gasteiger partial charge in [0.25, 0.3) is 0 Å². The molecule has 5 heteroatoms. The van der Waals surface area contributed by atoms with Crippen molar-refractivity contribution in [3.63, 3.8) is 0 Å². The number of nitrogens with zero attached hydrogens (tertiary/aromatic N) is 1. The van der Waals surface area contributed by atoms with Gasteiger partial charge in [0.15, 0.2) is 0 Å². The van der Waals surface area contributed by atoms with Gasteiger partial charge in [0.2, 0.25) is 0 Å². The third kappa shape index (κ3) is 2.59. The molecule has 1 aromatic carbocycles. The van der Waals surface area contributed by atoms with E-state index < -0.39 is 17.5 Å². The van der Waals surface area contributed by atoms with Crippen LogP contribution in [0.15, 0.2) is 18.2 Å². The second-order valence-electron chi connectivity index (χ2n) is 5.48. The van der Waals surface area contributed by atoms with Crippen LogP contribution in [0.3, 0.4) is 0 Å². The van der Waals surface area contributed by atoms with Gasteiger partial charge in [0.05, 0.1) is 12.6 Å². The fourth-order valence-corrected chi connectivity index (χ4v) is 2.81. The second-order valence-corrected chi connectivity index (χ2v) is 5.48. The Labute approximate surface area is 112 Å². The topological polar surface area (TPSA) is 52.9 Å². The van der Waals surface area contributed by atoms with Crippen LogP contribution in [-0.4, -0.2) is 47.0 Å². The molecule has 0 saturated carbocycles. The van der Waals surface area contributed by atoms with E-state index in [-0.39, 0.29) is 12.6 Å². The van der Waals surface area contributed by atoms with Crippen LogP contribution < -0.4 is 4.74 Å². The number of benzene rings is 1. The third-order valence-electron chi connectivity index (χ3n) is 3.60. The molecular weight excluding hydrogens is 249 g/mol. The normalized spacial score (nSPS) is 25.0. The van der Waals surface area contributed by atoms with E-state index in [2.05, 4.69) is 0 Å². The average molecular weight is 269 g/mol. The first-order chi connectivity index (χ1) is 8.86. The van der Waals surface area contributed by atoms with Gasteiger partial charge in [0.1, 0.15) is 23.3 Å². The number of hydrogen-bond acceptors (Lipinski definition) is 4. The highest BCUT2D eigenvalue weighted by atomic mass is 19.1. The van der Waals surface area contributed by atoms with E-state index in [1.54, 1.807) is 7.05 Å². The lowest BCUT2D eigenvalue weighted by Crippen LogP contribution is -2.57. The molecule has 2 unspecified atom stereocenters. The summed E-state index contributed by atoms with van der Waals surface area (Å²) in [6.45, 7) is 4.16. The fourth-order valence-electron chi connectivity index (χ4n) is 2.81. The van der Waals surface area contributed by atoms with E-state index in [1.807, 2.05) is 18.7 Å². The summed E-state index contributed by atoms with van der Waals surface area (Å²) in [4.78, 5) is 1.83. The van der Waals surface area contributed by atoms with E-state index in [0.717, 1.165) is 0 Å². The molecule has 19 heavy (non-hydrogen) atoms. The van der Waals surface area contributed by atoms with Crippen molar-refractivity contribution < 1.29 is 19.3 Å². The van der Waals surface area contributed by atoms with Crippen molar-refractivity contribution in [2.45, 2.75) is 31.6 Å². The van der Waals surface area contributed by atoms with E-state index in [9.17, 15) is 9.50 Å². The van der Waals surface area contributed by atoms with Crippen LogP contribution in [0.2, 0.25) is 0 Å². The Hall–Kier alpha value is -1.17. The first kappa shape index (κ1) is 14.2. The predicted molar refractivity (Wildman–Crippen MR) is 69.6 cm³/mol. The predicted octanol–water partition coefficient (Wildman–Crippen LogP) is 1.32. The molecule has 2 rings (SSSR count). The molecule has 4 nitrogen and oxygen atoms in total. The van der Waals surface area contributed by atoms with Gasteiger partial charge in [-0.15, -0.1) is 0 Å². The molecule has 0 fully saturated rings. The minimum absolute atomic E-state index is 0.00813. The summed E-state index contributed by atoms with van der Waals surface area (Å²) in [6, 6.07) is 3.81. The van der Waals surface area contributed by atoms with Gasteiger partial charge >= 0.3 is 0 Å². The summed E-state index contributed by atoms with van der Waals surface area (Å²) in [6.07, 6.45) is -0.856. The molecule has 106 valence electrons. The van der Waals surface area contributed by atoms with E-state index in [0.29, 0.717) is 17.9 Å². The van der Waals surface area contributed by atoms with Gasteiger partial charge in [-0.05, 0) is 39.1 Å². The largest absolute Gasteiger partial charge is 0.486 e. The Bertz CT molecular complexity index is 464. The number of aliphatic hydroxyl groups excluding tert-OH is 2. The van der Waals surface area contributed by atoms with Crippen LogP contribution in [0.5, 0.6) is 5.75 Å². The zero-order valence-electron chi connectivity index (χ0n) is 11.4. The SMILES string of the molecule is CN(CCO)C1C(O)c2cc(F)ccc2OC1(C)C. The molecule has 0 radical (unpaired) electrons. The van der Waals surface area contributed by atoms with Crippen molar-refractivity contribution >= 4 is 0 Å². The third-order valence-corrected chi connectivity index (χ3v) is 3.60. The number of fused-ring (bicyclic) bond motifs is 1. The molecule has 0 saturated heterocycles. The summed E-state index contributed by atoms with van der Waals surface area (Å²) in [7, 11) is 1.81. The lowest BCUT2D eigenvalue weighted by molar-refractivity contribution is -0.0774. The molecule has 1 heterocycles. The van der Waals surface area contributed by atoms with Gasteiger partial charge in [0, 0.05) is 12.1 Å². The minimum Gasteiger partial charge on any atom is -0.486 e. The summed E-state index contributed by atoms with van der Waals surface area (Å²) < 4.78 is 19.2. The van der Waals surface area contributed by atoms with Gasteiger partial charge in [-0.2, -0.15) is 0 Å². The lowest BCUT2D eigenvalue weighted by Gasteiger charge is -2.46. The zero-order chi connectivity index (χ0) is 14.2. The van der Waals surface area contributed by atoms with Crippen LogP contribution in [0.1, 0.15) is 25.5 Å². The lowest BCUT2D eigenvalue weighted by atomic mass is 9.85. The zero-order valence-corrected chi connectivity index (χ0v) is 11.4. The summed E-state index contributed by atoms with van der Waals surface area (Å²) in [5, 5.41) is 19.5. The molecule has 0 aromatic heterocycles. The van der Waals surface area contributed by atoms with Gasteiger partial charge in [-0.3, -0.25) is 4.90 Å². The number of halogens is 1. The van der Waals surface area contributed by atoms with Crippen LogP contribution in [0, 0.1) is 5.82 Å². The highest BCUT2D eigenvalue weighted by Gasteiger charge is 2.45.